The second kappa shape index (κ2) is 5.38. The number of carboxylic acid groups (broad SMARTS) is 1. The third kappa shape index (κ3) is 2.37. The van der Waals surface area contributed by atoms with Crippen LogP contribution in [0.4, 0.5) is 0 Å². The average molecular weight is 277 g/mol. The molecule has 0 spiro atoms. The highest BCUT2D eigenvalue weighted by Gasteiger charge is 2.52. The Morgan fingerprint density at radius 3 is 2.40 bits per heavy atom. The van der Waals surface area contributed by atoms with Crippen LogP contribution in [0.5, 0.6) is 0 Å². The minimum absolute atomic E-state index is 0.000144. The molecular formula is C15H19NO4. The largest absolute Gasteiger partial charge is 0.481 e. The fraction of sp³-hybridized carbons (Fsp3) is 0.667. The minimum atomic E-state index is -0.908. The monoisotopic (exact) mass is 277 g/mol. The smallest absolute Gasteiger partial charge is 0.339 e. The third-order valence-corrected chi connectivity index (χ3v) is 4.71. The van der Waals surface area contributed by atoms with Gasteiger partial charge in [0, 0.05) is 0 Å². The van der Waals surface area contributed by atoms with Crippen LogP contribution < -0.4 is 0 Å². The number of oxime groups is 1. The topological polar surface area (TPSA) is 76.0 Å². The zero-order valence-electron chi connectivity index (χ0n) is 11.3. The summed E-state index contributed by atoms with van der Waals surface area (Å²) < 4.78 is 0. The molecule has 0 aromatic rings. The second-order valence-electron chi connectivity index (χ2n) is 5.97. The Balaban J connectivity index is 1.67. The maximum Gasteiger partial charge on any atom is 0.339 e. The minimum Gasteiger partial charge on any atom is -0.481 e. The van der Waals surface area contributed by atoms with Gasteiger partial charge in [-0.1, -0.05) is 23.7 Å². The van der Waals surface area contributed by atoms with Crippen molar-refractivity contribution in [3.63, 3.8) is 0 Å². The van der Waals surface area contributed by atoms with Gasteiger partial charge >= 0.3 is 11.9 Å². The second-order valence-corrected chi connectivity index (χ2v) is 5.97. The van der Waals surface area contributed by atoms with E-state index in [9.17, 15) is 14.7 Å². The molecule has 0 aromatic carbocycles. The van der Waals surface area contributed by atoms with Crippen LogP contribution in [0.15, 0.2) is 17.3 Å². The number of carbonyl (C=O) groups excluding carboxylic acids is 1. The van der Waals surface area contributed by atoms with E-state index in [0.717, 1.165) is 37.8 Å². The SMILES string of the molecule is O=C(O)[C@@H]1[C@H](C(=O)ON=C2CCCCC2)[C@H]2C=C[C@H]1C2. The fourth-order valence-corrected chi connectivity index (χ4v) is 3.70. The first-order valence-electron chi connectivity index (χ1n) is 7.34. The Labute approximate surface area is 117 Å². The normalized spacial score (nSPS) is 35.1. The first kappa shape index (κ1) is 13.3. The summed E-state index contributed by atoms with van der Waals surface area (Å²) in [5.74, 6) is -2.64. The number of carbonyl (C=O) groups is 2. The zero-order chi connectivity index (χ0) is 14.1. The van der Waals surface area contributed by atoms with Crippen molar-refractivity contribution < 1.29 is 19.5 Å². The predicted octanol–water partition coefficient (Wildman–Crippen LogP) is 2.37. The highest BCUT2D eigenvalue weighted by atomic mass is 16.7. The van der Waals surface area contributed by atoms with Crippen molar-refractivity contribution in [2.45, 2.75) is 38.5 Å². The average Bonchev–Trinajstić information content (AvgIpc) is 3.06. The summed E-state index contributed by atoms with van der Waals surface area (Å²) in [6.45, 7) is 0. The third-order valence-electron chi connectivity index (χ3n) is 4.71. The molecule has 0 aliphatic heterocycles. The molecule has 0 unspecified atom stereocenters. The van der Waals surface area contributed by atoms with Gasteiger partial charge < -0.3 is 9.94 Å². The lowest BCUT2D eigenvalue weighted by molar-refractivity contribution is -0.158. The van der Waals surface area contributed by atoms with E-state index in [1.54, 1.807) is 0 Å². The lowest BCUT2D eigenvalue weighted by atomic mass is 9.83. The summed E-state index contributed by atoms with van der Waals surface area (Å²) in [4.78, 5) is 28.6. The molecule has 2 saturated carbocycles. The maximum atomic E-state index is 12.2. The van der Waals surface area contributed by atoms with Gasteiger partial charge in [-0.25, -0.2) is 4.79 Å². The van der Waals surface area contributed by atoms with E-state index < -0.39 is 23.8 Å². The Morgan fingerprint density at radius 1 is 1.10 bits per heavy atom. The maximum absolute atomic E-state index is 12.2. The number of rotatable bonds is 3. The van der Waals surface area contributed by atoms with Gasteiger partial charge in [0.05, 0.1) is 17.5 Å². The molecule has 2 fully saturated rings. The molecule has 20 heavy (non-hydrogen) atoms. The van der Waals surface area contributed by atoms with Crippen LogP contribution in [0.25, 0.3) is 0 Å². The molecule has 3 aliphatic carbocycles. The van der Waals surface area contributed by atoms with Crippen molar-refractivity contribution in [3.05, 3.63) is 12.2 Å². The van der Waals surface area contributed by atoms with Crippen LogP contribution in [0, 0.1) is 23.7 Å². The Bertz CT molecular complexity index is 474. The molecule has 0 radical (unpaired) electrons. The summed E-state index contributed by atoms with van der Waals surface area (Å²) in [5, 5.41) is 13.2. The number of nitrogens with zero attached hydrogens (tertiary/aromatic N) is 1. The summed E-state index contributed by atoms with van der Waals surface area (Å²) in [5.41, 5.74) is 0.926. The standard InChI is InChI=1S/C15H19NO4/c17-14(18)12-9-6-7-10(8-9)13(12)15(19)20-16-11-4-2-1-3-5-11/h6-7,9-10,12-13H,1-5,8H2,(H,17,18)/t9-,10-,12-,13+/m0/s1. The molecule has 3 rings (SSSR count). The van der Waals surface area contributed by atoms with Crippen molar-refractivity contribution in [2.75, 3.05) is 0 Å². The van der Waals surface area contributed by atoms with Gasteiger partial charge in [-0.3, -0.25) is 4.79 Å². The molecule has 108 valence electrons. The number of fused-ring (bicyclic) bond motifs is 2. The highest BCUT2D eigenvalue weighted by molar-refractivity contribution is 5.87. The van der Waals surface area contributed by atoms with Crippen LogP contribution in [0.3, 0.4) is 0 Å². The van der Waals surface area contributed by atoms with Gasteiger partial charge in [0.15, 0.2) is 0 Å². The van der Waals surface area contributed by atoms with Gasteiger partial charge in [-0.05, 0) is 43.9 Å². The van der Waals surface area contributed by atoms with Crippen LogP contribution in [-0.4, -0.2) is 22.8 Å². The molecule has 0 heterocycles. The molecule has 0 saturated heterocycles. The summed E-state index contributed by atoms with van der Waals surface area (Å²) in [6, 6.07) is 0. The number of allylic oxidation sites excluding steroid dienone is 2. The van der Waals surface area contributed by atoms with Gasteiger partial charge in [-0.15, -0.1) is 0 Å². The number of hydrogen-bond donors (Lipinski definition) is 1. The van der Waals surface area contributed by atoms with Gasteiger partial charge in [0.1, 0.15) is 0 Å². The van der Waals surface area contributed by atoms with E-state index in [2.05, 4.69) is 5.16 Å². The molecule has 3 aliphatic rings. The Kier molecular flexibility index (Phi) is 3.59. The van der Waals surface area contributed by atoms with E-state index in [1.807, 2.05) is 12.2 Å². The quantitative estimate of drug-likeness (QED) is 0.488. The Hall–Kier alpha value is -1.65. The predicted molar refractivity (Wildman–Crippen MR) is 72.0 cm³/mol. The lowest BCUT2D eigenvalue weighted by Crippen LogP contribution is -2.33. The van der Waals surface area contributed by atoms with Crippen LogP contribution >= 0.6 is 0 Å². The van der Waals surface area contributed by atoms with E-state index >= 15 is 0 Å². The first-order valence-corrected chi connectivity index (χ1v) is 7.34. The molecular weight excluding hydrogens is 258 g/mol. The zero-order valence-corrected chi connectivity index (χ0v) is 11.3. The molecule has 5 nitrogen and oxygen atoms in total. The van der Waals surface area contributed by atoms with Gasteiger partial charge in [0.25, 0.3) is 0 Å². The fourth-order valence-electron chi connectivity index (χ4n) is 3.70. The van der Waals surface area contributed by atoms with Crippen molar-refractivity contribution in [1.29, 1.82) is 0 Å². The van der Waals surface area contributed by atoms with Gasteiger partial charge in [0.2, 0.25) is 0 Å². The summed E-state index contributed by atoms with van der Waals surface area (Å²) in [6.07, 6.45) is 9.75. The van der Waals surface area contributed by atoms with Crippen molar-refractivity contribution >= 4 is 17.7 Å². The number of aliphatic carboxylic acids is 1. The molecule has 5 heteroatoms. The van der Waals surface area contributed by atoms with Crippen LogP contribution in [-0.2, 0) is 14.4 Å². The summed E-state index contributed by atoms with van der Waals surface area (Å²) >= 11 is 0. The molecule has 4 atom stereocenters. The molecule has 2 bridgehead atoms. The van der Waals surface area contributed by atoms with Gasteiger partial charge in [-0.2, -0.15) is 0 Å². The number of hydrogen-bond acceptors (Lipinski definition) is 4. The molecule has 1 N–H and O–H groups in total. The van der Waals surface area contributed by atoms with E-state index in [-0.39, 0.29) is 11.8 Å². The highest BCUT2D eigenvalue weighted by Crippen LogP contribution is 2.48. The van der Waals surface area contributed by atoms with E-state index in [4.69, 9.17) is 4.84 Å². The lowest BCUT2D eigenvalue weighted by Gasteiger charge is -2.21. The van der Waals surface area contributed by atoms with Crippen molar-refractivity contribution in [1.82, 2.24) is 0 Å². The number of carboxylic acids is 1. The summed E-state index contributed by atoms with van der Waals surface area (Å²) in [7, 11) is 0. The van der Waals surface area contributed by atoms with E-state index in [0.29, 0.717) is 0 Å². The first-order chi connectivity index (χ1) is 9.66. The molecule has 0 aromatic heterocycles. The van der Waals surface area contributed by atoms with Crippen LogP contribution in [0.1, 0.15) is 38.5 Å². The van der Waals surface area contributed by atoms with Crippen LogP contribution in [0.2, 0.25) is 0 Å². The van der Waals surface area contributed by atoms with Crippen molar-refractivity contribution in [2.24, 2.45) is 28.8 Å². The van der Waals surface area contributed by atoms with E-state index in [1.165, 1.54) is 6.42 Å². The van der Waals surface area contributed by atoms with Crippen molar-refractivity contribution in [3.8, 4) is 0 Å². The molecule has 0 amide bonds. The Morgan fingerprint density at radius 2 is 1.75 bits per heavy atom.